The average molecular weight is 323 g/mol. The van der Waals surface area contributed by atoms with E-state index < -0.39 is 5.97 Å². The first-order valence-corrected chi connectivity index (χ1v) is 6.28. The van der Waals surface area contributed by atoms with Crippen LogP contribution in [0.5, 0.6) is 11.6 Å². The standard InChI is InChI=1S/C13H11BrN2O3/c1-7-5-12(16-8(2)15-7)19-11-6-9(14)3-4-10(11)13(17)18/h3-6H,1-2H3,(H,17,18). The molecule has 1 aromatic carbocycles. The number of benzene rings is 1. The number of rotatable bonds is 3. The topological polar surface area (TPSA) is 72.3 Å². The molecule has 5 nitrogen and oxygen atoms in total. The van der Waals surface area contributed by atoms with E-state index in [0.29, 0.717) is 11.7 Å². The Labute approximate surface area is 118 Å². The first kappa shape index (κ1) is 13.5. The molecular formula is C13H11BrN2O3. The Hall–Kier alpha value is -1.95. The largest absolute Gasteiger partial charge is 0.478 e. The van der Waals surface area contributed by atoms with Crippen LogP contribution in [0.15, 0.2) is 28.7 Å². The molecule has 0 radical (unpaired) electrons. The van der Waals surface area contributed by atoms with E-state index in [1.807, 2.05) is 6.92 Å². The molecule has 0 fully saturated rings. The van der Waals surface area contributed by atoms with Crippen LogP contribution < -0.4 is 4.74 Å². The summed E-state index contributed by atoms with van der Waals surface area (Å²) in [5, 5.41) is 9.12. The predicted octanol–water partition coefficient (Wildman–Crippen LogP) is 3.35. The van der Waals surface area contributed by atoms with Gasteiger partial charge in [0.1, 0.15) is 17.1 Å². The molecule has 0 unspecified atom stereocenters. The Morgan fingerprint density at radius 2 is 2.00 bits per heavy atom. The molecule has 0 atom stereocenters. The van der Waals surface area contributed by atoms with Crippen LogP contribution >= 0.6 is 15.9 Å². The fourth-order valence-corrected chi connectivity index (χ4v) is 1.95. The SMILES string of the molecule is Cc1cc(Oc2cc(Br)ccc2C(=O)O)nc(C)n1. The lowest BCUT2D eigenvalue weighted by molar-refractivity contribution is 0.0694. The minimum Gasteiger partial charge on any atom is -0.478 e. The fourth-order valence-electron chi connectivity index (χ4n) is 1.61. The van der Waals surface area contributed by atoms with Gasteiger partial charge in [-0.05, 0) is 32.0 Å². The number of hydrogen-bond donors (Lipinski definition) is 1. The highest BCUT2D eigenvalue weighted by Gasteiger charge is 2.13. The lowest BCUT2D eigenvalue weighted by Gasteiger charge is -2.09. The number of nitrogens with zero attached hydrogens (tertiary/aromatic N) is 2. The molecule has 0 aliphatic carbocycles. The van der Waals surface area contributed by atoms with Crippen molar-refractivity contribution in [1.82, 2.24) is 9.97 Å². The molecule has 2 rings (SSSR count). The maximum absolute atomic E-state index is 11.1. The lowest BCUT2D eigenvalue weighted by Crippen LogP contribution is -2.01. The highest BCUT2D eigenvalue weighted by Crippen LogP contribution is 2.28. The molecule has 1 N–H and O–H groups in total. The van der Waals surface area contributed by atoms with Gasteiger partial charge in [-0.1, -0.05) is 15.9 Å². The molecule has 1 aromatic heterocycles. The second-order valence-corrected chi connectivity index (χ2v) is 4.86. The van der Waals surface area contributed by atoms with Crippen LogP contribution in [0.4, 0.5) is 0 Å². The van der Waals surface area contributed by atoms with Gasteiger partial charge in [-0.15, -0.1) is 0 Å². The van der Waals surface area contributed by atoms with Crippen molar-refractivity contribution in [1.29, 1.82) is 0 Å². The molecule has 1 heterocycles. The van der Waals surface area contributed by atoms with Gasteiger partial charge in [0.15, 0.2) is 0 Å². The quantitative estimate of drug-likeness (QED) is 0.938. The molecule has 0 aliphatic rings. The van der Waals surface area contributed by atoms with Gasteiger partial charge in [0.2, 0.25) is 5.88 Å². The predicted molar refractivity (Wildman–Crippen MR) is 72.7 cm³/mol. The van der Waals surface area contributed by atoms with E-state index in [2.05, 4.69) is 25.9 Å². The van der Waals surface area contributed by atoms with Gasteiger partial charge in [-0.3, -0.25) is 0 Å². The van der Waals surface area contributed by atoms with Crippen molar-refractivity contribution in [2.24, 2.45) is 0 Å². The van der Waals surface area contributed by atoms with Crippen LogP contribution in [0.1, 0.15) is 21.9 Å². The molecule has 0 saturated heterocycles. The second-order valence-electron chi connectivity index (χ2n) is 3.94. The van der Waals surface area contributed by atoms with E-state index in [0.717, 1.165) is 10.2 Å². The molecule has 6 heteroatoms. The summed E-state index contributed by atoms with van der Waals surface area (Å²) in [5.74, 6) is 0.0804. The third kappa shape index (κ3) is 3.29. The van der Waals surface area contributed by atoms with Crippen LogP contribution in [0.2, 0.25) is 0 Å². The van der Waals surface area contributed by atoms with Crippen molar-refractivity contribution in [3.8, 4) is 11.6 Å². The third-order valence-corrected chi connectivity index (χ3v) is 2.82. The van der Waals surface area contributed by atoms with Crippen molar-refractivity contribution in [2.45, 2.75) is 13.8 Å². The van der Waals surface area contributed by atoms with Gasteiger partial charge < -0.3 is 9.84 Å². The summed E-state index contributed by atoms with van der Waals surface area (Å²) >= 11 is 3.28. The molecule has 0 bridgehead atoms. The molecule has 19 heavy (non-hydrogen) atoms. The van der Waals surface area contributed by atoms with Crippen LogP contribution in [0, 0.1) is 13.8 Å². The normalized spacial score (nSPS) is 10.3. The number of halogens is 1. The molecule has 0 spiro atoms. The minimum atomic E-state index is -1.05. The maximum Gasteiger partial charge on any atom is 0.339 e. The Balaban J connectivity index is 2.42. The number of carbonyl (C=O) groups is 1. The van der Waals surface area contributed by atoms with Crippen molar-refractivity contribution in [3.63, 3.8) is 0 Å². The third-order valence-electron chi connectivity index (χ3n) is 2.33. The smallest absolute Gasteiger partial charge is 0.339 e. The number of aryl methyl sites for hydroxylation is 2. The summed E-state index contributed by atoms with van der Waals surface area (Å²) in [5.41, 5.74) is 0.839. The van der Waals surface area contributed by atoms with Crippen molar-refractivity contribution in [2.75, 3.05) is 0 Å². The second kappa shape index (κ2) is 5.36. The monoisotopic (exact) mass is 322 g/mol. The van der Waals surface area contributed by atoms with Gasteiger partial charge in [-0.25, -0.2) is 9.78 Å². The van der Waals surface area contributed by atoms with Crippen LogP contribution in [-0.2, 0) is 0 Å². The number of ether oxygens (including phenoxy) is 1. The molecule has 0 aliphatic heterocycles. The fraction of sp³-hybridized carbons (Fsp3) is 0.154. The highest BCUT2D eigenvalue weighted by molar-refractivity contribution is 9.10. The van der Waals surface area contributed by atoms with E-state index in [1.165, 1.54) is 6.07 Å². The number of aromatic carboxylic acids is 1. The number of carboxylic acid groups (broad SMARTS) is 1. The summed E-state index contributed by atoms with van der Waals surface area (Å²) in [7, 11) is 0. The van der Waals surface area contributed by atoms with Crippen molar-refractivity contribution in [3.05, 3.63) is 45.8 Å². The van der Waals surface area contributed by atoms with Crippen LogP contribution in [0.3, 0.4) is 0 Å². The Kier molecular flexibility index (Phi) is 3.80. The molecule has 0 saturated carbocycles. The Morgan fingerprint density at radius 1 is 1.26 bits per heavy atom. The number of aromatic nitrogens is 2. The van der Waals surface area contributed by atoms with Gasteiger partial charge in [0.25, 0.3) is 0 Å². The highest BCUT2D eigenvalue weighted by atomic mass is 79.9. The summed E-state index contributed by atoms with van der Waals surface area (Å²) in [6, 6.07) is 6.37. The van der Waals surface area contributed by atoms with Crippen LogP contribution in [0.25, 0.3) is 0 Å². The first-order chi connectivity index (χ1) is 8.95. The van der Waals surface area contributed by atoms with Gasteiger partial charge in [0.05, 0.1) is 0 Å². The first-order valence-electron chi connectivity index (χ1n) is 5.48. The zero-order chi connectivity index (χ0) is 14.0. The molecule has 98 valence electrons. The molecule has 2 aromatic rings. The molecular weight excluding hydrogens is 312 g/mol. The Bertz CT molecular complexity index is 624. The average Bonchev–Trinajstić information content (AvgIpc) is 2.26. The summed E-state index contributed by atoms with van der Waals surface area (Å²) < 4.78 is 6.28. The lowest BCUT2D eigenvalue weighted by atomic mass is 10.2. The maximum atomic E-state index is 11.1. The van der Waals surface area contributed by atoms with Gasteiger partial charge in [-0.2, -0.15) is 4.98 Å². The van der Waals surface area contributed by atoms with Gasteiger partial charge in [0, 0.05) is 16.2 Å². The van der Waals surface area contributed by atoms with E-state index in [-0.39, 0.29) is 11.3 Å². The number of hydrogen-bond acceptors (Lipinski definition) is 4. The van der Waals surface area contributed by atoms with Crippen molar-refractivity contribution < 1.29 is 14.6 Å². The Morgan fingerprint density at radius 3 is 2.63 bits per heavy atom. The van der Waals surface area contributed by atoms with E-state index in [9.17, 15) is 4.79 Å². The zero-order valence-electron chi connectivity index (χ0n) is 10.3. The number of carboxylic acids is 1. The summed E-state index contributed by atoms with van der Waals surface area (Å²) in [6.45, 7) is 3.57. The van der Waals surface area contributed by atoms with E-state index in [1.54, 1.807) is 25.1 Å². The van der Waals surface area contributed by atoms with E-state index in [4.69, 9.17) is 9.84 Å². The zero-order valence-corrected chi connectivity index (χ0v) is 11.9. The van der Waals surface area contributed by atoms with E-state index >= 15 is 0 Å². The molecule has 0 amide bonds. The van der Waals surface area contributed by atoms with Crippen LogP contribution in [-0.4, -0.2) is 21.0 Å². The summed E-state index contributed by atoms with van der Waals surface area (Å²) in [6.07, 6.45) is 0. The van der Waals surface area contributed by atoms with Gasteiger partial charge >= 0.3 is 5.97 Å². The summed E-state index contributed by atoms with van der Waals surface area (Å²) in [4.78, 5) is 19.4. The minimum absolute atomic E-state index is 0.0807. The van der Waals surface area contributed by atoms with Crippen molar-refractivity contribution >= 4 is 21.9 Å².